The molecule has 152 valence electrons. The zero-order valence-electron chi connectivity index (χ0n) is 15.8. The van der Waals surface area contributed by atoms with Crippen molar-refractivity contribution in [3.05, 3.63) is 35.4 Å². The van der Waals surface area contributed by atoms with E-state index in [1.54, 1.807) is 0 Å². The maximum absolute atomic E-state index is 12.8. The van der Waals surface area contributed by atoms with Crippen LogP contribution in [0.2, 0.25) is 0 Å². The van der Waals surface area contributed by atoms with Crippen LogP contribution in [0.3, 0.4) is 0 Å². The van der Waals surface area contributed by atoms with Crippen molar-refractivity contribution in [2.45, 2.75) is 44.2 Å². The van der Waals surface area contributed by atoms with Crippen LogP contribution in [0.4, 0.5) is 13.2 Å². The van der Waals surface area contributed by atoms with Crippen molar-refractivity contribution in [2.75, 3.05) is 26.2 Å². The number of alkyl halides is 3. The number of amides is 2. The maximum Gasteiger partial charge on any atom is 0.416 e. The molecule has 0 bridgehead atoms. The van der Waals surface area contributed by atoms with Crippen molar-refractivity contribution in [1.29, 1.82) is 0 Å². The molecule has 4 rings (SSSR count). The molecular formula is C21H25F3N2O2. The topological polar surface area (TPSA) is 40.6 Å². The maximum atomic E-state index is 12.8. The fraction of sp³-hybridized carbons (Fsp3) is 0.619. The van der Waals surface area contributed by atoms with Crippen molar-refractivity contribution < 1.29 is 22.8 Å². The minimum atomic E-state index is -4.34. The predicted octanol–water partition coefficient (Wildman–Crippen LogP) is 3.67. The largest absolute Gasteiger partial charge is 0.416 e. The summed E-state index contributed by atoms with van der Waals surface area (Å²) in [4.78, 5) is 29.0. The van der Waals surface area contributed by atoms with E-state index in [2.05, 4.69) is 0 Å². The summed E-state index contributed by atoms with van der Waals surface area (Å²) in [5.74, 6) is 0.212. The first kappa shape index (κ1) is 19.3. The van der Waals surface area contributed by atoms with Crippen LogP contribution >= 0.6 is 0 Å². The number of halogens is 3. The quantitative estimate of drug-likeness (QED) is 0.785. The van der Waals surface area contributed by atoms with Gasteiger partial charge >= 0.3 is 6.18 Å². The molecule has 2 heterocycles. The smallest absolute Gasteiger partial charge is 0.342 e. The minimum Gasteiger partial charge on any atom is -0.342 e. The second kappa shape index (κ2) is 7.41. The molecule has 2 amide bonds. The van der Waals surface area contributed by atoms with Crippen LogP contribution in [0.25, 0.3) is 0 Å². The van der Waals surface area contributed by atoms with Crippen molar-refractivity contribution in [1.82, 2.24) is 9.80 Å². The normalized spacial score (nSPS) is 25.8. The molecule has 28 heavy (non-hydrogen) atoms. The Morgan fingerprint density at radius 3 is 2.00 bits per heavy atom. The molecule has 0 radical (unpaired) electrons. The van der Waals surface area contributed by atoms with Gasteiger partial charge in [0, 0.05) is 38.0 Å². The molecule has 0 spiro atoms. The zero-order chi connectivity index (χ0) is 19.9. The van der Waals surface area contributed by atoms with E-state index >= 15 is 0 Å². The van der Waals surface area contributed by atoms with Gasteiger partial charge in [0.05, 0.1) is 5.56 Å². The Labute approximate surface area is 162 Å². The highest BCUT2D eigenvalue weighted by atomic mass is 19.4. The van der Waals surface area contributed by atoms with Crippen LogP contribution in [0.15, 0.2) is 24.3 Å². The minimum absolute atomic E-state index is 0.0127. The van der Waals surface area contributed by atoms with E-state index in [9.17, 15) is 22.8 Å². The molecule has 2 aliphatic heterocycles. The van der Waals surface area contributed by atoms with E-state index in [1.165, 1.54) is 12.1 Å². The van der Waals surface area contributed by atoms with Gasteiger partial charge in [-0.1, -0.05) is 12.1 Å². The Hall–Kier alpha value is -2.05. The Balaban J connectivity index is 1.29. The molecule has 4 nitrogen and oxygen atoms in total. The Morgan fingerprint density at radius 1 is 0.857 bits per heavy atom. The Morgan fingerprint density at radius 2 is 1.43 bits per heavy atom. The number of rotatable bonds is 3. The van der Waals surface area contributed by atoms with Crippen LogP contribution < -0.4 is 0 Å². The van der Waals surface area contributed by atoms with E-state index in [0.717, 1.165) is 43.6 Å². The number of piperidine rings is 1. The predicted molar refractivity (Wildman–Crippen MR) is 97.4 cm³/mol. The lowest BCUT2D eigenvalue weighted by Gasteiger charge is -2.33. The lowest BCUT2D eigenvalue weighted by molar-refractivity contribution is -0.140. The van der Waals surface area contributed by atoms with Crippen molar-refractivity contribution in [2.24, 2.45) is 11.8 Å². The van der Waals surface area contributed by atoms with E-state index < -0.39 is 11.7 Å². The zero-order valence-corrected chi connectivity index (χ0v) is 15.8. The first-order chi connectivity index (χ1) is 13.3. The van der Waals surface area contributed by atoms with Crippen LogP contribution in [0, 0.1) is 11.8 Å². The third-order valence-electron chi connectivity index (χ3n) is 6.35. The Bertz CT molecular complexity index is 733. The number of likely N-dealkylation sites (tertiary alicyclic amines) is 2. The summed E-state index contributed by atoms with van der Waals surface area (Å²) in [7, 11) is 0. The van der Waals surface area contributed by atoms with Gasteiger partial charge in [0.25, 0.3) is 0 Å². The molecule has 0 aromatic heterocycles. The van der Waals surface area contributed by atoms with Crippen molar-refractivity contribution in [3.63, 3.8) is 0 Å². The molecule has 3 aliphatic rings. The average molecular weight is 394 g/mol. The van der Waals surface area contributed by atoms with E-state index in [-0.39, 0.29) is 29.6 Å². The molecule has 3 fully saturated rings. The molecule has 1 saturated carbocycles. The van der Waals surface area contributed by atoms with Crippen LogP contribution in [0.1, 0.15) is 49.1 Å². The molecule has 2 saturated heterocycles. The fourth-order valence-corrected chi connectivity index (χ4v) is 4.53. The number of carbonyl (C=O) groups excluding carboxylic acids is 2. The van der Waals surface area contributed by atoms with Gasteiger partial charge in [0.2, 0.25) is 11.8 Å². The van der Waals surface area contributed by atoms with Gasteiger partial charge in [-0.3, -0.25) is 9.59 Å². The molecule has 2 unspecified atom stereocenters. The summed E-state index contributed by atoms with van der Waals surface area (Å²) >= 11 is 0. The summed E-state index contributed by atoms with van der Waals surface area (Å²) in [5.41, 5.74) is 0.134. The van der Waals surface area contributed by atoms with Crippen LogP contribution in [0.5, 0.6) is 0 Å². The third kappa shape index (κ3) is 3.89. The number of hydrogen-bond donors (Lipinski definition) is 0. The van der Waals surface area contributed by atoms with E-state index in [1.807, 2.05) is 9.80 Å². The van der Waals surface area contributed by atoms with Crippen molar-refractivity contribution >= 4 is 11.8 Å². The summed E-state index contributed by atoms with van der Waals surface area (Å²) in [6.07, 6.45) is -0.0748. The monoisotopic (exact) mass is 394 g/mol. The van der Waals surface area contributed by atoms with Gasteiger partial charge in [-0.2, -0.15) is 13.2 Å². The molecule has 2 atom stereocenters. The van der Waals surface area contributed by atoms with Gasteiger partial charge < -0.3 is 9.80 Å². The molecule has 1 aromatic rings. The number of hydrogen-bond acceptors (Lipinski definition) is 2. The standard InChI is InChI=1S/C21H25F3N2O2/c22-21(23,24)16-5-3-14(4-6-16)17-13-18(17)20(28)26-11-7-15(8-12-26)19(27)25-9-1-2-10-25/h3-6,15,17-18H,1-2,7-13H2. The number of carbonyl (C=O) groups is 2. The average Bonchev–Trinajstić information content (AvgIpc) is 3.30. The molecule has 7 heteroatoms. The summed E-state index contributed by atoms with van der Waals surface area (Å²) in [5, 5.41) is 0. The molecule has 1 aromatic carbocycles. The fourth-order valence-electron chi connectivity index (χ4n) is 4.53. The molecule has 1 aliphatic carbocycles. The summed E-state index contributed by atoms with van der Waals surface area (Å²) in [6, 6.07) is 5.15. The lowest BCUT2D eigenvalue weighted by Crippen LogP contribution is -2.44. The highest BCUT2D eigenvalue weighted by molar-refractivity contribution is 5.84. The van der Waals surface area contributed by atoms with Gasteiger partial charge in [-0.15, -0.1) is 0 Å². The highest BCUT2D eigenvalue weighted by Crippen LogP contribution is 2.49. The first-order valence-electron chi connectivity index (χ1n) is 10.1. The number of benzene rings is 1. The van der Waals surface area contributed by atoms with Gasteiger partial charge in [-0.25, -0.2) is 0 Å². The molecule has 0 N–H and O–H groups in total. The highest BCUT2D eigenvalue weighted by Gasteiger charge is 2.46. The second-order valence-electron chi connectivity index (χ2n) is 8.20. The second-order valence-corrected chi connectivity index (χ2v) is 8.20. The van der Waals surface area contributed by atoms with Crippen LogP contribution in [-0.2, 0) is 15.8 Å². The van der Waals surface area contributed by atoms with Gasteiger partial charge in [0.15, 0.2) is 0 Å². The van der Waals surface area contributed by atoms with Gasteiger partial charge in [0.1, 0.15) is 0 Å². The van der Waals surface area contributed by atoms with E-state index in [0.29, 0.717) is 32.4 Å². The summed E-state index contributed by atoms with van der Waals surface area (Å²) < 4.78 is 38.1. The van der Waals surface area contributed by atoms with Crippen LogP contribution in [-0.4, -0.2) is 47.8 Å². The molecular weight excluding hydrogens is 369 g/mol. The third-order valence-corrected chi connectivity index (χ3v) is 6.35. The number of nitrogens with zero attached hydrogens (tertiary/aromatic N) is 2. The van der Waals surface area contributed by atoms with Gasteiger partial charge in [-0.05, 0) is 55.7 Å². The summed E-state index contributed by atoms with van der Waals surface area (Å²) in [6.45, 7) is 2.91. The van der Waals surface area contributed by atoms with Crippen molar-refractivity contribution in [3.8, 4) is 0 Å². The lowest BCUT2D eigenvalue weighted by atomic mass is 9.95. The Kier molecular flexibility index (Phi) is 5.10. The first-order valence-corrected chi connectivity index (χ1v) is 10.1. The van der Waals surface area contributed by atoms with E-state index in [4.69, 9.17) is 0 Å². The SMILES string of the molecule is O=C(C1CCN(C(=O)C2CC2c2ccc(C(F)(F)F)cc2)CC1)N1CCCC1.